The number of Topliss-reactive ketones (excluding diaryl/α,β-unsaturated/α-hetero) is 1. The molecule has 2 N–H and O–H groups in total. The Morgan fingerprint density at radius 1 is 0.938 bits per heavy atom. The van der Waals surface area contributed by atoms with Crippen molar-refractivity contribution < 1.29 is 38.9 Å². The Morgan fingerprint density at radius 3 is 2.31 bits per heavy atom. The van der Waals surface area contributed by atoms with E-state index in [1.165, 1.54) is 19.9 Å². The summed E-state index contributed by atoms with van der Waals surface area (Å²) < 4.78 is 10.4. The molecule has 9 nitrogen and oxygen atoms in total. The van der Waals surface area contributed by atoms with Crippen molar-refractivity contribution in [2.24, 2.45) is 5.16 Å². The molecule has 170 valence electrons. The maximum Gasteiger partial charge on any atom is 0.339 e. The van der Waals surface area contributed by atoms with Crippen LogP contribution in [0, 0.1) is 0 Å². The molecule has 0 amide bonds. The van der Waals surface area contributed by atoms with Gasteiger partial charge < -0.3 is 24.5 Å². The zero-order valence-corrected chi connectivity index (χ0v) is 18.4. The molecule has 0 saturated heterocycles. The number of aliphatic hydroxyl groups is 2. The summed E-state index contributed by atoms with van der Waals surface area (Å²) >= 11 is 1.15. The lowest BCUT2D eigenvalue weighted by molar-refractivity contribution is -0.140. The van der Waals surface area contributed by atoms with Crippen LogP contribution in [0.25, 0.3) is 0 Å². The first-order valence-electron chi connectivity index (χ1n) is 9.56. The monoisotopic (exact) mass is 461 g/mol. The van der Waals surface area contributed by atoms with Crippen LogP contribution < -0.4 is 4.74 Å². The van der Waals surface area contributed by atoms with E-state index in [0.29, 0.717) is 21.1 Å². The smallest absolute Gasteiger partial charge is 0.339 e. The minimum Gasteiger partial charge on any atom is -0.491 e. The van der Waals surface area contributed by atoms with Gasteiger partial charge in [0.15, 0.2) is 0 Å². The van der Waals surface area contributed by atoms with E-state index in [1.54, 1.807) is 36.4 Å². The second kappa shape index (κ2) is 12.6. The van der Waals surface area contributed by atoms with Crippen molar-refractivity contribution in [3.05, 3.63) is 53.6 Å². The second-order valence-electron chi connectivity index (χ2n) is 6.28. The molecule has 10 heteroatoms. The highest BCUT2D eigenvalue weighted by Crippen LogP contribution is 2.35. The third-order valence-corrected chi connectivity index (χ3v) is 5.00. The molecule has 0 atom stereocenters. The highest BCUT2D eigenvalue weighted by atomic mass is 32.2. The van der Waals surface area contributed by atoms with Crippen molar-refractivity contribution in [2.75, 3.05) is 26.4 Å². The Balaban J connectivity index is 2.39. The summed E-state index contributed by atoms with van der Waals surface area (Å²) in [5.41, 5.74) is 0.469. The molecule has 0 aliphatic rings. The number of esters is 1. The van der Waals surface area contributed by atoms with Crippen molar-refractivity contribution in [1.82, 2.24) is 0 Å². The molecule has 0 bridgehead atoms. The van der Waals surface area contributed by atoms with Crippen LogP contribution in [0.15, 0.2) is 57.4 Å². The van der Waals surface area contributed by atoms with Crippen LogP contribution in [-0.2, 0) is 14.4 Å². The number of ether oxygens (including phenoxy) is 2. The van der Waals surface area contributed by atoms with E-state index in [2.05, 4.69) is 9.99 Å². The summed E-state index contributed by atoms with van der Waals surface area (Å²) in [6.45, 7) is 1.97. The van der Waals surface area contributed by atoms with E-state index in [0.717, 1.165) is 11.8 Å². The molecule has 0 heterocycles. The van der Waals surface area contributed by atoms with Gasteiger partial charge in [0.05, 0.1) is 18.8 Å². The summed E-state index contributed by atoms with van der Waals surface area (Å²) in [7, 11) is 0. The van der Waals surface area contributed by atoms with Crippen molar-refractivity contribution in [3.63, 3.8) is 0 Å². The lowest BCUT2D eigenvalue weighted by atomic mass is 10.1. The molecule has 2 aromatic carbocycles. The van der Waals surface area contributed by atoms with Crippen molar-refractivity contribution >= 4 is 35.2 Å². The van der Waals surface area contributed by atoms with Crippen LogP contribution in [0.3, 0.4) is 0 Å². The summed E-state index contributed by atoms with van der Waals surface area (Å²) in [5, 5.41) is 21.4. The molecular weight excluding hydrogens is 438 g/mol. The number of hydrogen-bond donors (Lipinski definition) is 2. The second-order valence-corrected chi connectivity index (χ2v) is 7.36. The summed E-state index contributed by atoms with van der Waals surface area (Å²) in [4.78, 5) is 41.9. The first-order valence-corrected chi connectivity index (χ1v) is 10.4. The first kappa shape index (κ1) is 25.1. The average molecular weight is 461 g/mol. The van der Waals surface area contributed by atoms with Gasteiger partial charge in [-0.15, -0.1) is 0 Å². The molecule has 0 radical (unpaired) electrons. The molecule has 0 aliphatic heterocycles. The van der Waals surface area contributed by atoms with E-state index in [9.17, 15) is 14.4 Å². The number of carbonyl (C=O) groups is 3. The van der Waals surface area contributed by atoms with Gasteiger partial charge in [-0.3, -0.25) is 4.79 Å². The number of hydrogen-bond acceptors (Lipinski definition) is 10. The third kappa shape index (κ3) is 7.19. The topological polar surface area (TPSA) is 132 Å². The summed E-state index contributed by atoms with van der Waals surface area (Å²) in [6.07, 6.45) is 0. The van der Waals surface area contributed by atoms with E-state index in [-0.39, 0.29) is 37.7 Å². The third-order valence-electron chi connectivity index (χ3n) is 3.85. The highest BCUT2D eigenvalue weighted by Gasteiger charge is 2.20. The predicted octanol–water partition coefficient (Wildman–Crippen LogP) is 2.48. The Labute approximate surface area is 189 Å². The quantitative estimate of drug-likeness (QED) is 0.170. The van der Waals surface area contributed by atoms with E-state index >= 15 is 0 Å². The van der Waals surface area contributed by atoms with Crippen molar-refractivity contribution in [3.8, 4) is 5.75 Å². The van der Waals surface area contributed by atoms with Gasteiger partial charge in [0.2, 0.25) is 5.78 Å². The van der Waals surface area contributed by atoms with Crippen LogP contribution in [0.5, 0.6) is 5.75 Å². The van der Waals surface area contributed by atoms with Crippen LogP contribution >= 0.6 is 11.8 Å². The number of rotatable bonds is 11. The number of carbonyl (C=O) groups excluding carboxylic acids is 3. The van der Waals surface area contributed by atoms with Gasteiger partial charge in [-0.25, -0.2) is 9.59 Å². The number of benzene rings is 2. The number of oxime groups is 1. The standard InChI is InChI=1S/C22H23NO8S/c1-14(23-31-15(2)26)21(27)17-5-3-4-6-19(17)32-20-8-7-16(29-11-9-24)13-18(20)22(28)30-12-10-25/h3-8,13,24-25H,9-12H2,1-2H3/b23-14+. The van der Waals surface area contributed by atoms with Gasteiger partial charge in [0.25, 0.3) is 0 Å². The molecule has 0 unspecified atom stereocenters. The maximum atomic E-state index is 12.8. The minimum absolute atomic E-state index is 0.0106. The molecule has 0 saturated carbocycles. The van der Waals surface area contributed by atoms with Gasteiger partial charge in [-0.1, -0.05) is 29.1 Å². The van der Waals surface area contributed by atoms with Crippen molar-refractivity contribution in [1.29, 1.82) is 0 Å². The van der Waals surface area contributed by atoms with Gasteiger partial charge in [0.1, 0.15) is 24.7 Å². The highest BCUT2D eigenvalue weighted by molar-refractivity contribution is 7.99. The lowest BCUT2D eigenvalue weighted by Crippen LogP contribution is -2.13. The Bertz CT molecular complexity index is 1010. The minimum atomic E-state index is -0.674. The average Bonchev–Trinajstić information content (AvgIpc) is 2.80. The maximum absolute atomic E-state index is 12.8. The summed E-state index contributed by atoms with van der Waals surface area (Å²) in [5.74, 6) is -1.41. The Morgan fingerprint density at radius 2 is 1.62 bits per heavy atom. The van der Waals surface area contributed by atoms with Crippen LogP contribution in [0.1, 0.15) is 34.6 Å². The van der Waals surface area contributed by atoms with Gasteiger partial charge >= 0.3 is 11.9 Å². The van der Waals surface area contributed by atoms with Crippen LogP contribution in [0.2, 0.25) is 0 Å². The molecule has 2 aromatic rings. The van der Waals surface area contributed by atoms with E-state index < -0.39 is 17.7 Å². The molecule has 32 heavy (non-hydrogen) atoms. The zero-order chi connectivity index (χ0) is 23.5. The number of aliphatic hydroxyl groups excluding tert-OH is 2. The fourth-order valence-corrected chi connectivity index (χ4v) is 3.50. The SMILES string of the molecule is CC(=O)O/N=C(\C)C(=O)c1ccccc1Sc1ccc(OCCO)cc1C(=O)OCCO. The van der Waals surface area contributed by atoms with Gasteiger partial charge in [0, 0.05) is 22.3 Å². The number of nitrogens with zero attached hydrogens (tertiary/aromatic N) is 1. The molecule has 0 fully saturated rings. The number of ketones is 1. The largest absolute Gasteiger partial charge is 0.491 e. The van der Waals surface area contributed by atoms with Gasteiger partial charge in [-0.2, -0.15) is 0 Å². The van der Waals surface area contributed by atoms with Crippen LogP contribution in [0.4, 0.5) is 0 Å². The van der Waals surface area contributed by atoms with Crippen molar-refractivity contribution in [2.45, 2.75) is 23.6 Å². The molecule has 0 aromatic heterocycles. The fourth-order valence-electron chi connectivity index (χ4n) is 2.46. The first-order chi connectivity index (χ1) is 15.4. The lowest BCUT2D eigenvalue weighted by Gasteiger charge is -2.13. The summed E-state index contributed by atoms with van der Waals surface area (Å²) in [6, 6.07) is 11.4. The van der Waals surface area contributed by atoms with Crippen LogP contribution in [-0.4, -0.2) is 60.1 Å². The van der Waals surface area contributed by atoms with Gasteiger partial charge in [-0.05, 0) is 37.3 Å². The molecule has 0 aliphatic carbocycles. The molecular formula is C22H23NO8S. The predicted molar refractivity (Wildman–Crippen MR) is 116 cm³/mol. The zero-order valence-electron chi connectivity index (χ0n) is 17.6. The fraction of sp³-hybridized carbons (Fsp3) is 0.273. The molecule has 2 rings (SSSR count). The Hall–Kier alpha value is -3.21. The van der Waals surface area contributed by atoms with E-state index in [4.69, 9.17) is 19.7 Å². The Kier molecular flexibility index (Phi) is 9.86. The molecule has 0 spiro atoms. The van der Waals surface area contributed by atoms with E-state index in [1.807, 2.05) is 0 Å². The normalized spacial score (nSPS) is 11.1.